The van der Waals surface area contributed by atoms with E-state index in [1.807, 2.05) is 11.3 Å². The minimum Gasteiger partial charge on any atom is -0.302 e. The number of hydrogen-bond acceptors (Lipinski definition) is 4. The van der Waals surface area contributed by atoms with Crippen molar-refractivity contribution in [2.45, 2.75) is 69.2 Å². The molecule has 1 aromatic heterocycles. The normalized spacial score (nSPS) is 31.9. The first-order chi connectivity index (χ1) is 9.12. The van der Waals surface area contributed by atoms with Crippen LogP contribution in [0.15, 0.2) is 5.38 Å². The molecule has 2 heterocycles. The lowest BCUT2D eigenvalue weighted by molar-refractivity contribution is 0.290. The fourth-order valence-corrected chi connectivity index (χ4v) is 5.42. The maximum Gasteiger partial charge on any atom is 0.114 e. The molecule has 2 aliphatic rings. The van der Waals surface area contributed by atoms with Gasteiger partial charge in [-0.1, -0.05) is 20.8 Å². The molecular formula is C15H24N2S2. The Balaban J connectivity index is 1.91. The molecule has 106 valence electrons. The Morgan fingerprint density at radius 1 is 1.42 bits per heavy atom. The van der Waals surface area contributed by atoms with Crippen LogP contribution in [0.5, 0.6) is 0 Å². The molecule has 4 heteroatoms. The number of thioether (sulfide) groups is 1. The van der Waals surface area contributed by atoms with E-state index >= 15 is 0 Å². The fourth-order valence-electron chi connectivity index (χ4n) is 2.84. The van der Waals surface area contributed by atoms with Crippen LogP contribution < -0.4 is 5.32 Å². The van der Waals surface area contributed by atoms with E-state index in [1.54, 1.807) is 0 Å². The smallest absolute Gasteiger partial charge is 0.114 e. The van der Waals surface area contributed by atoms with Crippen molar-refractivity contribution in [3.8, 4) is 0 Å². The predicted octanol–water partition coefficient (Wildman–Crippen LogP) is 4.13. The van der Waals surface area contributed by atoms with E-state index in [0.29, 0.717) is 11.2 Å². The maximum atomic E-state index is 4.98. The van der Waals surface area contributed by atoms with E-state index in [2.05, 4.69) is 43.2 Å². The summed E-state index contributed by atoms with van der Waals surface area (Å²) in [6, 6.07) is 0.743. The lowest BCUT2D eigenvalue weighted by atomic mass is 9.89. The molecule has 0 bridgehead atoms. The quantitative estimate of drug-likeness (QED) is 0.904. The average molecular weight is 297 g/mol. The van der Waals surface area contributed by atoms with Crippen LogP contribution in [0.3, 0.4) is 0 Å². The molecule has 2 fully saturated rings. The van der Waals surface area contributed by atoms with Gasteiger partial charge in [0.05, 0.1) is 11.2 Å². The summed E-state index contributed by atoms with van der Waals surface area (Å²) in [5.74, 6) is 1.84. The van der Waals surface area contributed by atoms with Crippen LogP contribution in [0.25, 0.3) is 0 Å². The highest BCUT2D eigenvalue weighted by molar-refractivity contribution is 8.00. The van der Waals surface area contributed by atoms with Gasteiger partial charge in [-0.15, -0.1) is 11.3 Å². The van der Waals surface area contributed by atoms with E-state index in [0.717, 1.165) is 6.04 Å². The van der Waals surface area contributed by atoms with E-state index in [-0.39, 0.29) is 5.54 Å². The van der Waals surface area contributed by atoms with Crippen LogP contribution in [-0.4, -0.2) is 22.0 Å². The third-order valence-corrected chi connectivity index (χ3v) is 6.78. The standard InChI is InChI=1S/C15H24N2S2/c1-10(2)13-9-19-14(16-13)15(17-12-5-6-12)7-4-8-18-11(15)3/h9-12,17H,4-8H2,1-3H3. The highest BCUT2D eigenvalue weighted by Crippen LogP contribution is 2.45. The van der Waals surface area contributed by atoms with Gasteiger partial charge in [-0.3, -0.25) is 0 Å². The van der Waals surface area contributed by atoms with Crippen molar-refractivity contribution < 1.29 is 0 Å². The number of hydrogen-bond donors (Lipinski definition) is 1. The fraction of sp³-hybridized carbons (Fsp3) is 0.800. The second-order valence-electron chi connectivity index (χ2n) is 6.24. The van der Waals surface area contributed by atoms with Crippen molar-refractivity contribution >= 4 is 23.1 Å². The summed E-state index contributed by atoms with van der Waals surface area (Å²) in [6.07, 6.45) is 5.26. The predicted molar refractivity (Wildman–Crippen MR) is 85.2 cm³/mol. The first-order valence-corrected chi connectivity index (χ1v) is 9.40. The van der Waals surface area contributed by atoms with Crippen molar-refractivity contribution in [1.29, 1.82) is 0 Å². The van der Waals surface area contributed by atoms with Crippen molar-refractivity contribution in [3.05, 3.63) is 16.1 Å². The largest absolute Gasteiger partial charge is 0.302 e. The Hall–Kier alpha value is -0.0600. The van der Waals surface area contributed by atoms with Gasteiger partial charge in [0.1, 0.15) is 5.01 Å². The molecule has 1 aromatic rings. The lowest BCUT2D eigenvalue weighted by Gasteiger charge is -2.42. The molecule has 1 saturated heterocycles. The Labute approximate surface area is 124 Å². The van der Waals surface area contributed by atoms with E-state index < -0.39 is 0 Å². The molecule has 2 unspecified atom stereocenters. The number of aromatic nitrogens is 1. The van der Waals surface area contributed by atoms with Gasteiger partial charge in [0.15, 0.2) is 0 Å². The molecule has 2 atom stereocenters. The number of nitrogens with zero attached hydrogens (tertiary/aromatic N) is 1. The van der Waals surface area contributed by atoms with Gasteiger partial charge in [0.25, 0.3) is 0 Å². The molecule has 0 spiro atoms. The topological polar surface area (TPSA) is 24.9 Å². The van der Waals surface area contributed by atoms with Gasteiger partial charge in [0, 0.05) is 16.7 Å². The minimum atomic E-state index is 0.141. The summed E-state index contributed by atoms with van der Waals surface area (Å²) >= 11 is 3.98. The second kappa shape index (κ2) is 5.38. The Kier molecular flexibility index (Phi) is 3.93. The average Bonchev–Trinajstić information content (AvgIpc) is 3.04. The van der Waals surface area contributed by atoms with Crippen LogP contribution >= 0.6 is 23.1 Å². The van der Waals surface area contributed by atoms with Crippen LogP contribution in [0, 0.1) is 0 Å². The lowest BCUT2D eigenvalue weighted by Crippen LogP contribution is -2.52. The highest BCUT2D eigenvalue weighted by Gasteiger charge is 2.45. The van der Waals surface area contributed by atoms with Gasteiger partial charge in [-0.2, -0.15) is 11.8 Å². The molecule has 0 radical (unpaired) electrons. The Morgan fingerprint density at radius 3 is 2.79 bits per heavy atom. The molecule has 1 N–H and O–H groups in total. The molecule has 1 aliphatic heterocycles. The zero-order valence-electron chi connectivity index (χ0n) is 12.1. The third kappa shape index (κ3) is 2.72. The highest BCUT2D eigenvalue weighted by atomic mass is 32.2. The zero-order chi connectivity index (χ0) is 13.5. The van der Waals surface area contributed by atoms with Gasteiger partial charge >= 0.3 is 0 Å². The summed E-state index contributed by atoms with van der Waals surface area (Å²) in [5.41, 5.74) is 1.40. The van der Waals surface area contributed by atoms with Crippen LogP contribution in [0.2, 0.25) is 0 Å². The molecule has 3 rings (SSSR count). The summed E-state index contributed by atoms with van der Waals surface area (Å²) in [4.78, 5) is 4.98. The van der Waals surface area contributed by atoms with Crippen molar-refractivity contribution in [3.63, 3.8) is 0 Å². The molecule has 19 heavy (non-hydrogen) atoms. The van der Waals surface area contributed by atoms with E-state index in [1.165, 1.54) is 42.1 Å². The Morgan fingerprint density at radius 2 is 2.21 bits per heavy atom. The summed E-state index contributed by atoms with van der Waals surface area (Å²) in [7, 11) is 0. The molecule has 2 nitrogen and oxygen atoms in total. The summed E-state index contributed by atoms with van der Waals surface area (Å²) < 4.78 is 0. The monoisotopic (exact) mass is 296 g/mol. The van der Waals surface area contributed by atoms with Crippen LogP contribution in [0.1, 0.15) is 63.1 Å². The molecule has 1 aliphatic carbocycles. The Bertz CT molecular complexity index is 439. The molecule has 1 saturated carbocycles. The number of rotatable bonds is 4. The minimum absolute atomic E-state index is 0.141. The van der Waals surface area contributed by atoms with Crippen molar-refractivity contribution in [1.82, 2.24) is 10.3 Å². The number of nitrogens with one attached hydrogen (secondary N) is 1. The van der Waals surface area contributed by atoms with Crippen LogP contribution in [0.4, 0.5) is 0 Å². The van der Waals surface area contributed by atoms with Crippen molar-refractivity contribution in [2.24, 2.45) is 0 Å². The van der Waals surface area contributed by atoms with Gasteiger partial charge in [0.2, 0.25) is 0 Å². The number of thiazole rings is 1. The first kappa shape index (κ1) is 13.9. The van der Waals surface area contributed by atoms with E-state index in [9.17, 15) is 0 Å². The summed E-state index contributed by atoms with van der Waals surface area (Å²) in [6.45, 7) is 6.85. The second-order valence-corrected chi connectivity index (χ2v) is 8.55. The van der Waals surface area contributed by atoms with Gasteiger partial charge in [-0.05, 0) is 37.4 Å². The molecular weight excluding hydrogens is 272 g/mol. The first-order valence-electron chi connectivity index (χ1n) is 7.47. The SMILES string of the molecule is CC(C)c1csc(C2(NC3CC3)CCCSC2C)n1. The van der Waals surface area contributed by atoms with Gasteiger partial charge in [-0.25, -0.2) is 4.98 Å². The van der Waals surface area contributed by atoms with Crippen LogP contribution in [-0.2, 0) is 5.54 Å². The third-order valence-electron chi connectivity index (χ3n) is 4.31. The maximum absolute atomic E-state index is 4.98. The van der Waals surface area contributed by atoms with Crippen molar-refractivity contribution in [2.75, 3.05) is 5.75 Å². The van der Waals surface area contributed by atoms with Gasteiger partial charge < -0.3 is 5.32 Å². The molecule has 0 aromatic carbocycles. The molecule has 0 amide bonds. The zero-order valence-corrected chi connectivity index (χ0v) is 13.7. The summed E-state index contributed by atoms with van der Waals surface area (Å²) in [5, 5.41) is 8.19. The van der Waals surface area contributed by atoms with E-state index in [4.69, 9.17) is 4.98 Å².